The molecule has 0 saturated heterocycles. The summed E-state index contributed by atoms with van der Waals surface area (Å²) in [6, 6.07) is 13.1. The number of nitrogens with zero attached hydrogens (tertiary/aromatic N) is 8. The summed E-state index contributed by atoms with van der Waals surface area (Å²) in [5.41, 5.74) is 5.66. The van der Waals surface area contributed by atoms with E-state index in [1.54, 1.807) is 24.3 Å². The third-order valence-corrected chi connectivity index (χ3v) is 15.1. The van der Waals surface area contributed by atoms with E-state index < -0.39 is 24.0 Å². The number of thiophene rings is 2. The van der Waals surface area contributed by atoms with Crippen molar-refractivity contribution in [2.45, 2.75) is 52.6 Å². The summed E-state index contributed by atoms with van der Waals surface area (Å²) >= 11 is 15.1. The largest absolute Gasteiger partial charge is 0.469 e. The van der Waals surface area contributed by atoms with Gasteiger partial charge in [0.2, 0.25) is 0 Å². The van der Waals surface area contributed by atoms with Crippen molar-refractivity contribution in [1.82, 2.24) is 40.2 Å². The maximum atomic E-state index is 13.6. The van der Waals surface area contributed by atoms with Crippen LogP contribution in [0.25, 0.3) is 10.0 Å². The Bertz CT molecular complexity index is 2870. The minimum Gasteiger partial charge on any atom is -0.469 e. The highest BCUT2D eigenvalue weighted by atomic mass is 35.5. The number of carbonyl (C=O) groups excluding carboxylic acids is 4. The molecule has 0 unspecified atom stereocenters. The van der Waals surface area contributed by atoms with Crippen LogP contribution in [0.4, 0.5) is 0 Å². The number of methoxy groups -OCH3 is 2. The number of hydrogen-bond acceptors (Lipinski definition) is 18. The molecule has 390 valence electrons. The monoisotopic (exact) mass is 1090 g/mol. The Morgan fingerprint density at radius 3 is 1.24 bits per heavy atom. The zero-order valence-electron chi connectivity index (χ0n) is 41.5. The van der Waals surface area contributed by atoms with Crippen LogP contribution in [-0.4, -0.2) is 145 Å². The number of carbonyl (C=O) groups is 4. The maximum Gasteiger partial charge on any atom is 0.308 e. The first-order valence-corrected chi connectivity index (χ1v) is 26.0. The standard InChI is InChI=1S/C50H54Cl2N10O10S2/c1-27-39-41(31-7-11-33(51)12-8-31)55-35(25-37(63)67-5)45-59-57-29(3)61(45)49(39)73-43(27)47(65)53-15-17-69-19-21-71-23-24-72-22-20-70-18-16-54-48(66)44-28(2)40-42(32-9-13-34(52)14-10-32)56-36(26-38(64)68-6)46-60-58-30(4)62(46)50(40)74-44/h7-14,35-36H,15-26H2,1-6H3,(H,53,65)(H,54,66)/t35-,36-/m0/s1. The Kier molecular flexibility index (Phi) is 18.2. The third-order valence-electron chi connectivity index (χ3n) is 12.0. The first-order valence-electron chi connectivity index (χ1n) is 23.6. The van der Waals surface area contributed by atoms with Crippen molar-refractivity contribution in [1.29, 1.82) is 0 Å². The molecule has 0 spiro atoms. The predicted octanol–water partition coefficient (Wildman–Crippen LogP) is 6.65. The van der Waals surface area contributed by atoms with Crippen molar-refractivity contribution < 1.29 is 47.6 Å². The lowest BCUT2D eigenvalue weighted by Gasteiger charge is -2.12. The van der Waals surface area contributed by atoms with E-state index in [2.05, 4.69) is 31.0 Å². The molecule has 2 atom stereocenters. The van der Waals surface area contributed by atoms with Crippen LogP contribution in [0.5, 0.6) is 0 Å². The topological polar surface area (TPSA) is 234 Å². The molecule has 74 heavy (non-hydrogen) atoms. The lowest BCUT2D eigenvalue weighted by atomic mass is 9.99. The minimum absolute atomic E-state index is 0.0427. The van der Waals surface area contributed by atoms with Crippen LogP contribution < -0.4 is 10.6 Å². The van der Waals surface area contributed by atoms with Gasteiger partial charge in [0.1, 0.15) is 33.7 Å². The van der Waals surface area contributed by atoms with Gasteiger partial charge in [-0.15, -0.1) is 43.1 Å². The summed E-state index contributed by atoms with van der Waals surface area (Å²) in [5.74, 6) is 0.715. The second kappa shape index (κ2) is 24.9. The van der Waals surface area contributed by atoms with Crippen molar-refractivity contribution in [2.75, 3.05) is 80.2 Å². The van der Waals surface area contributed by atoms with Crippen molar-refractivity contribution >= 4 is 81.1 Å². The van der Waals surface area contributed by atoms with Crippen LogP contribution in [0.1, 0.15) is 101 Å². The number of halogens is 2. The number of aromatic nitrogens is 6. The highest BCUT2D eigenvalue weighted by molar-refractivity contribution is 7.17. The molecule has 0 bridgehead atoms. The van der Waals surface area contributed by atoms with E-state index >= 15 is 0 Å². The lowest BCUT2D eigenvalue weighted by molar-refractivity contribution is -0.142. The van der Waals surface area contributed by atoms with Gasteiger partial charge in [0, 0.05) is 45.4 Å². The number of aliphatic imine (C=N–C) groups is 2. The molecule has 2 amide bonds. The summed E-state index contributed by atoms with van der Waals surface area (Å²) in [7, 11) is 2.66. The van der Waals surface area contributed by atoms with Gasteiger partial charge >= 0.3 is 11.9 Å². The molecule has 8 rings (SSSR count). The fraction of sp³-hybridized carbons (Fsp3) is 0.400. The molecule has 6 aromatic rings. The first kappa shape index (κ1) is 54.0. The number of amides is 2. The summed E-state index contributed by atoms with van der Waals surface area (Å²) in [4.78, 5) is 63.3. The van der Waals surface area contributed by atoms with Crippen LogP contribution in [0.3, 0.4) is 0 Å². The van der Waals surface area contributed by atoms with Crippen molar-refractivity contribution in [3.63, 3.8) is 0 Å². The van der Waals surface area contributed by atoms with Gasteiger partial charge in [-0.25, -0.2) is 0 Å². The number of aryl methyl sites for hydroxylation is 2. The molecular formula is C50H54Cl2N10O10S2. The van der Waals surface area contributed by atoms with Gasteiger partial charge < -0.3 is 39.1 Å². The lowest BCUT2D eigenvalue weighted by Crippen LogP contribution is -2.27. The van der Waals surface area contributed by atoms with E-state index in [0.717, 1.165) is 43.4 Å². The van der Waals surface area contributed by atoms with Crippen LogP contribution in [-0.2, 0) is 38.0 Å². The van der Waals surface area contributed by atoms with Crippen LogP contribution in [0, 0.1) is 27.7 Å². The molecule has 2 N–H and O–H groups in total. The second-order valence-corrected chi connectivity index (χ2v) is 19.7. The molecule has 0 radical (unpaired) electrons. The fourth-order valence-electron chi connectivity index (χ4n) is 8.35. The van der Waals surface area contributed by atoms with Crippen molar-refractivity contribution in [3.05, 3.63) is 125 Å². The average molecular weight is 1090 g/mol. The highest BCUT2D eigenvalue weighted by Crippen LogP contribution is 2.42. The summed E-state index contributed by atoms with van der Waals surface area (Å²) in [6.45, 7) is 10.5. The molecule has 20 nitrogen and oxygen atoms in total. The van der Waals surface area contributed by atoms with E-state index in [4.69, 9.17) is 61.6 Å². The number of benzene rings is 2. The number of nitrogens with one attached hydrogen (secondary N) is 2. The van der Waals surface area contributed by atoms with E-state index in [0.29, 0.717) is 94.2 Å². The molecule has 6 heterocycles. The molecular weight excluding hydrogens is 1040 g/mol. The van der Waals surface area contributed by atoms with Gasteiger partial charge in [-0.1, -0.05) is 47.5 Å². The molecule has 2 aliphatic rings. The predicted molar refractivity (Wildman–Crippen MR) is 278 cm³/mol. The highest BCUT2D eigenvalue weighted by Gasteiger charge is 2.36. The molecule has 2 aromatic carbocycles. The van der Waals surface area contributed by atoms with Gasteiger partial charge in [0.25, 0.3) is 11.8 Å². The number of esters is 2. The Morgan fingerprint density at radius 1 is 0.541 bits per heavy atom. The van der Waals surface area contributed by atoms with Gasteiger partial charge in [0.05, 0.1) is 101 Å². The SMILES string of the molecule is COC(=O)C[C@@H]1N=C(c2ccc(Cl)cc2)c2c(sc(C(=O)NCCOCCOCCOCCOCCNC(=O)c3sc4c(c3C)C(c3ccc(Cl)cc3)=N[C@@H](CC(=O)OC)c3nnc(C)n3-4)c2C)-n2c(C)nnc21. The van der Waals surface area contributed by atoms with E-state index in [-0.39, 0.29) is 51.0 Å². The van der Waals surface area contributed by atoms with Gasteiger partial charge in [0.15, 0.2) is 11.6 Å². The molecule has 0 aliphatic carbocycles. The van der Waals surface area contributed by atoms with Gasteiger partial charge in [-0.3, -0.25) is 38.3 Å². The minimum atomic E-state index is -0.677. The second-order valence-electron chi connectivity index (χ2n) is 16.9. The normalized spacial score (nSPS) is 14.6. The Morgan fingerprint density at radius 2 is 0.892 bits per heavy atom. The fourth-order valence-corrected chi connectivity index (χ4v) is 11.2. The van der Waals surface area contributed by atoms with Gasteiger partial charge in [-0.2, -0.15) is 0 Å². The Hall–Kier alpha value is -6.24. The zero-order valence-corrected chi connectivity index (χ0v) is 44.6. The maximum absolute atomic E-state index is 13.6. The Balaban J connectivity index is 0.740. The number of rotatable bonds is 23. The van der Waals surface area contributed by atoms with Crippen LogP contribution in [0.2, 0.25) is 10.0 Å². The molecule has 0 fully saturated rings. The zero-order chi connectivity index (χ0) is 52.5. The quantitative estimate of drug-likeness (QED) is 0.0506. The van der Waals surface area contributed by atoms with Gasteiger partial charge in [-0.05, 0) is 63.1 Å². The summed E-state index contributed by atoms with van der Waals surface area (Å²) in [6.07, 6.45) is -0.0854. The number of hydrogen-bond donors (Lipinski definition) is 2. The van der Waals surface area contributed by atoms with E-state index in [9.17, 15) is 19.2 Å². The molecule has 24 heteroatoms. The van der Waals surface area contributed by atoms with Crippen molar-refractivity contribution in [3.8, 4) is 10.0 Å². The number of fused-ring (bicyclic) bond motifs is 6. The van der Waals surface area contributed by atoms with Crippen LogP contribution in [0.15, 0.2) is 58.5 Å². The van der Waals surface area contributed by atoms with E-state index in [1.165, 1.54) is 36.9 Å². The first-order chi connectivity index (χ1) is 35.8. The molecule has 4 aromatic heterocycles. The van der Waals surface area contributed by atoms with Crippen LogP contribution >= 0.6 is 45.9 Å². The average Bonchev–Trinajstić information content (AvgIpc) is 4.13. The smallest absolute Gasteiger partial charge is 0.308 e. The van der Waals surface area contributed by atoms with Crippen molar-refractivity contribution in [2.24, 2.45) is 9.98 Å². The summed E-state index contributed by atoms with van der Waals surface area (Å²) in [5, 5.41) is 25.9. The molecule has 2 aliphatic heterocycles. The summed E-state index contributed by atoms with van der Waals surface area (Å²) < 4.78 is 36.4. The third kappa shape index (κ3) is 12.1. The van der Waals surface area contributed by atoms with E-state index in [1.807, 2.05) is 61.1 Å². The Labute approximate surface area is 444 Å². The number of ether oxygens (including phenoxy) is 6. The molecule has 0 saturated carbocycles.